The lowest BCUT2D eigenvalue weighted by molar-refractivity contribution is -0.121. The lowest BCUT2D eigenvalue weighted by Crippen LogP contribution is -2.25. The molecule has 1 fully saturated rings. The standard InChI is InChI=1S/C12H24N2OS/c1-16-9-3-2-7-14-12(15)5-4-11-6-8-13-10-11/h11,13H,2-10H2,1H3,(H,14,15). The van der Waals surface area contributed by atoms with Gasteiger partial charge in [-0.3, -0.25) is 4.79 Å². The number of hydrogen-bond acceptors (Lipinski definition) is 3. The lowest BCUT2D eigenvalue weighted by atomic mass is 10.0. The van der Waals surface area contributed by atoms with Gasteiger partial charge in [0.25, 0.3) is 0 Å². The summed E-state index contributed by atoms with van der Waals surface area (Å²) in [4.78, 5) is 11.5. The van der Waals surface area contributed by atoms with Gasteiger partial charge in [-0.15, -0.1) is 0 Å². The third-order valence-corrected chi connectivity index (χ3v) is 3.74. The zero-order chi connectivity index (χ0) is 11.6. The molecule has 0 spiro atoms. The molecule has 1 atom stereocenters. The van der Waals surface area contributed by atoms with Crippen molar-refractivity contribution in [2.24, 2.45) is 5.92 Å². The van der Waals surface area contributed by atoms with E-state index in [9.17, 15) is 4.79 Å². The number of carbonyl (C=O) groups is 1. The van der Waals surface area contributed by atoms with Crippen LogP contribution < -0.4 is 10.6 Å². The highest BCUT2D eigenvalue weighted by Crippen LogP contribution is 2.13. The molecule has 1 aliphatic heterocycles. The monoisotopic (exact) mass is 244 g/mol. The molecule has 0 aromatic heterocycles. The van der Waals surface area contributed by atoms with Crippen LogP contribution in [0.15, 0.2) is 0 Å². The van der Waals surface area contributed by atoms with E-state index in [1.165, 1.54) is 18.6 Å². The van der Waals surface area contributed by atoms with Crippen molar-refractivity contribution in [3.8, 4) is 0 Å². The summed E-state index contributed by atoms with van der Waals surface area (Å²) in [5, 5.41) is 6.33. The maximum absolute atomic E-state index is 11.5. The molecule has 0 saturated carbocycles. The van der Waals surface area contributed by atoms with Crippen molar-refractivity contribution >= 4 is 17.7 Å². The average molecular weight is 244 g/mol. The molecule has 0 aromatic rings. The minimum absolute atomic E-state index is 0.232. The van der Waals surface area contributed by atoms with Gasteiger partial charge in [-0.2, -0.15) is 11.8 Å². The van der Waals surface area contributed by atoms with E-state index >= 15 is 0 Å². The van der Waals surface area contributed by atoms with Crippen LogP contribution in [0.3, 0.4) is 0 Å². The van der Waals surface area contributed by atoms with Crippen LogP contribution in [0.25, 0.3) is 0 Å². The molecule has 0 aromatic carbocycles. The first kappa shape index (κ1) is 13.8. The van der Waals surface area contributed by atoms with Crippen LogP contribution in [0.4, 0.5) is 0 Å². The van der Waals surface area contributed by atoms with E-state index in [1.54, 1.807) is 0 Å². The van der Waals surface area contributed by atoms with E-state index in [0.29, 0.717) is 6.42 Å². The second kappa shape index (κ2) is 8.88. The van der Waals surface area contributed by atoms with Crippen molar-refractivity contribution in [3.05, 3.63) is 0 Å². The van der Waals surface area contributed by atoms with Crippen LogP contribution in [0.1, 0.15) is 32.1 Å². The zero-order valence-corrected chi connectivity index (χ0v) is 11.1. The Morgan fingerprint density at radius 1 is 1.50 bits per heavy atom. The Balaban J connectivity index is 1.90. The molecule has 1 aliphatic rings. The molecule has 94 valence electrons. The van der Waals surface area contributed by atoms with Gasteiger partial charge in [0, 0.05) is 13.0 Å². The number of thioether (sulfide) groups is 1. The first-order chi connectivity index (χ1) is 7.83. The quantitative estimate of drug-likeness (QED) is 0.638. The van der Waals surface area contributed by atoms with Crippen LogP contribution in [0.5, 0.6) is 0 Å². The summed E-state index contributed by atoms with van der Waals surface area (Å²) >= 11 is 1.87. The van der Waals surface area contributed by atoms with Crippen LogP contribution in [0, 0.1) is 5.92 Å². The van der Waals surface area contributed by atoms with Gasteiger partial charge in [-0.1, -0.05) is 0 Å². The summed E-state index contributed by atoms with van der Waals surface area (Å²) in [6.07, 6.45) is 7.42. The number of rotatable bonds is 8. The predicted molar refractivity (Wildman–Crippen MR) is 70.8 cm³/mol. The largest absolute Gasteiger partial charge is 0.356 e. The minimum atomic E-state index is 0.232. The molecule has 4 heteroatoms. The van der Waals surface area contributed by atoms with Gasteiger partial charge < -0.3 is 10.6 Å². The van der Waals surface area contributed by atoms with E-state index in [2.05, 4.69) is 16.9 Å². The molecule has 1 heterocycles. The Bertz CT molecular complexity index is 193. The molecule has 0 radical (unpaired) electrons. The van der Waals surface area contributed by atoms with Crippen molar-refractivity contribution in [3.63, 3.8) is 0 Å². The molecule has 0 aliphatic carbocycles. The second-order valence-corrected chi connectivity index (χ2v) is 5.43. The van der Waals surface area contributed by atoms with Crippen molar-refractivity contribution in [1.82, 2.24) is 10.6 Å². The number of nitrogens with one attached hydrogen (secondary N) is 2. The Morgan fingerprint density at radius 3 is 3.06 bits per heavy atom. The number of amides is 1. The van der Waals surface area contributed by atoms with E-state index in [-0.39, 0.29) is 5.91 Å². The Morgan fingerprint density at radius 2 is 2.38 bits per heavy atom. The lowest BCUT2D eigenvalue weighted by Gasteiger charge is -2.08. The molecule has 0 bridgehead atoms. The Kier molecular flexibility index (Phi) is 7.68. The number of hydrogen-bond donors (Lipinski definition) is 2. The number of unbranched alkanes of at least 4 members (excludes halogenated alkanes) is 1. The fourth-order valence-corrected chi connectivity index (χ4v) is 2.48. The van der Waals surface area contributed by atoms with E-state index < -0.39 is 0 Å². The van der Waals surface area contributed by atoms with Crippen LogP contribution >= 0.6 is 11.8 Å². The smallest absolute Gasteiger partial charge is 0.220 e. The van der Waals surface area contributed by atoms with Crippen molar-refractivity contribution in [2.45, 2.75) is 32.1 Å². The molecule has 1 amide bonds. The van der Waals surface area contributed by atoms with E-state index in [4.69, 9.17) is 0 Å². The molecular weight excluding hydrogens is 220 g/mol. The predicted octanol–water partition coefficient (Wildman–Crippen LogP) is 1.64. The molecule has 16 heavy (non-hydrogen) atoms. The van der Waals surface area contributed by atoms with E-state index in [1.807, 2.05) is 11.8 Å². The third kappa shape index (κ3) is 6.38. The van der Waals surface area contributed by atoms with Gasteiger partial charge in [0.2, 0.25) is 5.91 Å². The molecule has 1 rings (SSSR count). The normalized spacial score (nSPS) is 19.9. The molecule has 1 saturated heterocycles. The summed E-state index contributed by atoms with van der Waals surface area (Å²) in [5.74, 6) is 2.15. The van der Waals surface area contributed by atoms with Gasteiger partial charge in [0.15, 0.2) is 0 Å². The zero-order valence-electron chi connectivity index (χ0n) is 10.3. The van der Waals surface area contributed by atoms with Crippen molar-refractivity contribution < 1.29 is 4.79 Å². The van der Waals surface area contributed by atoms with Crippen LogP contribution in [0.2, 0.25) is 0 Å². The number of carbonyl (C=O) groups excluding carboxylic acids is 1. The van der Waals surface area contributed by atoms with Gasteiger partial charge >= 0.3 is 0 Å². The SMILES string of the molecule is CSCCCCNC(=O)CCC1CCNC1. The summed E-state index contributed by atoms with van der Waals surface area (Å²) in [7, 11) is 0. The maximum atomic E-state index is 11.5. The molecule has 1 unspecified atom stereocenters. The van der Waals surface area contributed by atoms with Gasteiger partial charge in [-0.25, -0.2) is 0 Å². The second-order valence-electron chi connectivity index (χ2n) is 4.45. The van der Waals surface area contributed by atoms with Gasteiger partial charge in [0.1, 0.15) is 0 Å². The fourth-order valence-electron chi connectivity index (χ4n) is 1.98. The Labute approximate surface area is 103 Å². The summed E-state index contributed by atoms with van der Waals surface area (Å²) in [6.45, 7) is 3.07. The van der Waals surface area contributed by atoms with Crippen LogP contribution in [-0.2, 0) is 4.79 Å². The highest BCUT2D eigenvalue weighted by atomic mass is 32.2. The van der Waals surface area contributed by atoms with Crippen molar-refractivity contribution in [2.75, 3.05) is 31.6 Å². The fraction of sp³-hybridized carbons (Fsp3) is 0.917. The topological polar surface area (TPSA) is 41.1 Å². The summed E-state index contributed by atoms with van der Waals surface area (Å²) in [6, 6.07) is 0. The summed E-state index contributed by atoms with van der Waals surface area (Å²) < 4.78 is 0. The molecule has 2 N–H and O–H groups in total. The average Bonchev–Trinajstić information content (AvgIpc) is 2.79. The highest BCUT2D eigenvalue weighted by molar-refractivity contribution is 7.98. The maximum Gasteiger partial charge on any atom is 0.220 e. The minimum Gasteiger partial charge on any atom is -0.356 e. The van der Waals surface area contributed by atoms with Gasteiger partial charge in [-0.05, 0) is 56.7 Å². The first-order valence-electron chi connectivity index (χ1n) is 6.29. The van der Waals surface area contributed by atoms with Gasteiger partial charge in [0.05, 0.1) is 0 Å². The Hall–Kier alpha value is -0.220. The summed E-state index contributed by atoms with van der Waals surface area (Å²) in [5.41, 5.74) is 0. The highest BCUT2D eigenvalue weighted by Gasteiger charge is 2.15. The third-order valence-electron chi connectivity index (χ3n) is 3.04. The first-order valence-corrected chi connectivity index (χ1v) is 7.68. The molecular formula is C12H24N2OS. The molecule has 3 nitrogen and oxygen atoms in total. The van der Waals surface area contributed by atoms with E-state index in [0.717, 1.165) is 38.4 Å². The van der Waals surface area contributed by atoms with Crippen LogP contribution in [-0.4, -0.2) is 37.6 Å². The van der Waals surface area contributed by atoms with Crippen molar-refractivity contribution in [1.29, 1.82) is 0 Å².